The van der Waals surface area contributed by atoms with Crippen LogP contribution in [0.1, 0.15) is 0 Å². The lowest BCUT2D eigenvalue weighted by atomic mass is 10.1. The Kier molecular flexibility index (Phi) is 2.30. The highest BCUT2D eigenvalue weighted by Gasteiger charge is 2.12. The molecule has 0 aliphatic rings. The quantitative estimate of drug-likeness (QED) is 0.673. The number of hydrogen-bond acceptors (Lipinski definition) is 4. The number of nitrogens with zero attached hydrogens (tertiary/aromatic N) is 2. The fourth-order valence-electron chi connectivity index (χ4n) is 1.98. The summed E-state index contributed by atoms with van der Waals surface area (Å²) in [6, 6.07) is 9.28. The second kappa shape index (κ2) is 3.96. The summed E-state index contributed by atoms with van der Waals surface area (Å²) in [5.41, 5.74) is 2.65. The molecule has 5 nitrogen and oxygen atoms in total. The van der Waals surface area contributed by atoms with Crippen molar-refractivity contribution in [3.05, 3.63) is 47.6 Å². The first-order valence-corrected chi connectivity index (χ1v) is 5.38. The number of aromatic amines is 1. The molecule has 0 unspecified atom stereocenters. The van der Waals surface area contributed by atoms with Crippen LogP contribution < -0.4 is 0 Å². The average Bonchev–Trinajstić information content (AvgIpc) is 2.74. The first kappa shape index (κ1) is 10.5. The van der Waals surface area contributed by atoms with Gasteiger partial charge in [-0.05, 0) is 40.6 Å². The summed E-state index contributed by atoms with van der Waals surface area (Å²) >= 11 is 0. The van der Waals surface area contributed by atoms with Crippen LogP contribution in [0.5, 0.6) is 5.88 Å². The number of fused-ring (bicyclic) bond motifs is 1. The van der Waals surface area contributed by atoms with Crippen LogP contribution >= 0.6 is 0 Å². The van der Waals surface area contributed by atoms with Gasteiger partial charge in [-0.15, -0.1) is 4.91 Å². The highest BCUT2D eigenvalue weighted by Crippen LogP contribution is 2.37. The van der Waals surface area contributed by atoms with Gasteiger partial charge in [0.05, 0.1) is 5.52 Å². The predicted molar refractivity (Wildman–Crippen MR) is 68.6 cm³/mol. The van der Waals surface area contributed by atoms with E-state index in [2.05, 4.69) is 15.1 Å². The number of nitroso groups, excluding NO2 is 1. The molecule has 5 heteroatoms. The summed E-state index contributed by atoms with van der Waals surface area (Å²) < 4.78 is 0. The van der Waals surface area contributed by atoms with Gasteiger partial charge in [0.1, 0.15) is 0 Å². The van der Waals surface area contributed by atoms with E-state index in [-0.39, 0.29) is 11.6 Å². The molecule has 0 amide bonds. The molecule has 0 spiro atoms. The molecule has 2 aromatic heterocycles. The maximum atomic E-state index is 10.7. The van der Waals surface area contributed by atoms with E-state index in [0.717, 1.165) is 11.1 Å². The maximum Gasteiger partial charge on any atom is 0.219 e. The molecule has 88 valence electrons. The molecule has 2 heterocycles. The van der Waals surface area contributed by atoms with Crippen LogP contribution in [0.3, 0.4) is 0 Å². The monoisotopic (exact) mass is 239 g/mol. The van der Waals surface area contributed by atoms with Gasteiger partial charge in [0.25, 0.3) is 0 Å². The average molecular weight is 239 g/mol. The second-order valence-corrected chi connectivity index (χ2v) is 3.91. The number of H-pyrrole nitrogens is 1. The lowest BCUT2D eigenvalue weighted by Gasteiger charge is -2.00. The Balaban J connectivity index is 2.25. The van der Waals surface area contributed by atoms with E-state index < -0.39 is 0 Å². The zero-order valence-electron chi connectivity index (χ0n) is 9.29. The molecule has 3 rings (SSSR count). The highest BCUT2D eigenvalue weighted by atomic mass is 16.3. The Bertz CT molecular complexity index is 720. The van der Waals surface area contributed by atoms with Crippen molar-refractivity contribution in [2.45, 2.75) is 0 Å². The van der Waals surface area contributed by atoms with E-state index in [9.17, 15) is 10.0 Å². The van der Waals surface area contributed by atoms with Gasteiger partial charge in [0, 0.05) is 17.8 Å². The molecule has 0 atom stereocenters. The van der Waals surface area contributed by atoms with E-state index in [4.69, 9.17) is 0 Å². The smallest absolute Gasteiger partial charge is 0.219 e. The summed E-state index contributed by atoms with van der Waals surface area (Å²) in [4.78, 5) is 17.4. The Morgan fingerprint density at radius 2 is 1.89 bits per heavy atom. The standard InChI is InChI=1S/C13H9N3O2/c17-13-12(16-18)10-7-9(1-2-11(10)15-13)8-3-5-14-6-4-8/h1-7,15,17H. The normalized spacial score (nSPS) is 10.7. The number of rotatable bonds is 2. The van der Waals surface area contributed by atoms with Crippen LogP contribution in [-0.2, 0) is 0 Å². The Labute approximate surface area is 102 Å². The summed E-state index contributed by atoms with van der Waals surface area (Å²) in [5.74, 6) is -0.202. The number of aromatic hydroxyl groups is 1. The SMILES string of the molecule is O=Nc1c(O)[nH]c2ccc(-c3ccncc3)cc12. The van der Waals surface area contributed by atoms with Gasteiger partial charge in [-0.25, -0.2) is 0 Å². The lowest BCUT2D eigenvalue weighted by Crippen LogP contribution is -1.78. The van der Waals surface area contributed by atoms with E-state index in [1.807, 2.05) is 24.3 Å². The molecule has 1 aromatic carbocycles. The van der Waals surface area contributed by atoms with Gasteiger partial charge in [-0.2, -0.15) is 0 Å². The minimum Gasteiger partial charge on any atom is -0.493 e. The summed E-state index contributed by atoms with van der Waals surface area (Å²) in [6.45, 7) is 0. The second-order valence-electron chi connectivity index (χ2n) is 3.91. The van der Waals surface area contributed by atoms with Crippen molar-refractivity contribution in [2.75, 3.05) is 0 Å². The first-order chi connectivity index (χ1) is 8.79. The zero-order chi connectivity index (χ0) is 12.5. The molecule has 2 N–H and O–H groups in total. The predicted octanol–water partition coefficient (Wildman–Crippen LogP) is 3.33. The van der Waals surface area contributed by atoms with Crippen LogP contribution in [0.25, 0.3) is 22.0 Å². The van der Waals surface area contributed by atoms with E-state index >= 15 is 0 Å². The Hall–Kier alpha value is -2.69. The van der Waals surface area contributed by atoms with Gasteiger partial charge in [-0.3, -0.25) is 4.98 Å². The van der Waals surface area contributed by atoms with Crippen molar-refractivity contribution in [3.8, 4) is 17.0 Å². The minimum atomic E-state index is -0.202. The van der Waals surface area contributed by atoms with E-state index in [1.165, 1.54) is 0 Å². The summed E-state index contributed by atoms with van der Waals surface area (Å²) in [6.07, 6.45) is 3.40. The fourth-order valence-corrected chi connectivity index (χ4v) is 1.98. The third-order valence-electron chi connectivity index (χ3n) is 2.86. The lowest BCUT2D eigenvalue weighted by molar-refractivity contribution is 0.460. The Morgan fingerprint density at radius 1 is 1.11 bits per heavy atom. The number of hydrogen-bond donors (Lipinski definition) is 2. The van der Waals surface area contributed by atoms with Crippen molar-refractivity contribution >= 4 is 16.6 Å². The van der Waals surface area contributed by atoms with Crippen molar-refractivity contribution in [2.24, 2.45) is 5.18 Å². The van der Waals surface area contributed by atoms with Gasteiger partial charge >= 0.3 is 0 Å². The largest absolute Gasteiger partial charge is 0.493 e. The molecule has 0 fully saturated rings. The molecule has 0 aliphatic heterocycles. The Morgan fingerprint density at radius 3 is 2.61 bits per heavy atom. The third kappa shape index (κ3) is 1.53. The van der Waals surface area contributed by atoms with Crippen LogP contribution in [0.2, 0.25) is 0 Å². The maximum absolute atomic E-state index is 10.7. The van der Waals surface area contributed by atoms with Crippen LogP contribution in [-0.4, -0.2) is 15.1 Å². The van der Waals surface area contributed by atoms with Crippen molar-refractivity contribution in [1.29, 1.82) is 0 Å². The van der Waals surface area contributed by atoms with Crippen LogP contribution in [0.4, 0.5) is 5.69 Å². The van der Waals surface area contributed by atoms with Crippen LogP contribution in [0, 0.1) is 4.91 Å². The highest BCUT2D eigenvalue weighted by molar-refractivity contribution is 5.96. The topological polar surface area (TPSA) is 78.3 Å². The molecular weight excluding hydrogens is 230 g/mol. The molecule has 0 bridgehead atoms. The van der Waals surface area contributed by atoms with E-state index in [0.29, 0.717) is 10.9 Å². The summed E-state index contributed by atoms with van der Waals surface area (Å²) in [7, 11) is 0. The number of nitrogens with one attached hydrogen (secondary N) is 1. The van der Waals surface area contributed by atoms with Gasteiger partial charge < -0.3 is 10.1 Å². The zero-order valence-corrected chi connectivity index (χ0v) is 9.29. The van der Waals surface area contributed by atoms with Crippen molar-refractivity contribution < 1.29 is 5.11 Å². The number of pyridine rings is 1. The molecule has 0 saturated heterocycles. The molecule has 18 heavy (non-hydrogen) atoms. The molecule has 0 saturated carbocycles. The van der Waals surface area contributed by atoms with Gasteiger partial charge in [-0.1, -0.05) is 6.07 Å². The molecule has 3 aromatic rings. The molecule has 0 aliphatic carbocycles. The number of aromatic nitrogens is 2. The van der Waals surface area contributed by atoms with Crippen LogP contribution in [0.15, 0.2) is 47.9 Å². The number of benzene rings is 1. The summed E-state index contributed by atoms with van der Waals surface area (Å²) in [5, 5.41) is 13.0. The third-order valence-corrected chi connectivity index (χ3v) is 2.86. The first-order valence-electron chi connectivity index (χ1n) is 5.38. The minimum absolute atomic E-state index is 0.0425. The van der Waals surface area contributed by atoms with Crippen molar-refractivity contribution in [1.82, 2.24) is 9.97 Å². The van der Waals surface area contributed by atoms with Gasteiger partial charge in [0.2, 0.25) is 5.88 Å². The van der Waals surface area contributed by atoms with E-state index in [1.54, 1.807) is 18.5 Å². The molecule has 0 radical (unpaired) electrons. The molecular formula is C13H9N3O2. The van der Waals surface area contributed by atoms with Gasteiger partial charge in [0.15, 0.2) is 5.69 Å². The van der Waals surface area contributed by atoms with Crippen molar-refractivity contribution in [3.63, 3.8) is 0 Å². The fraction of sp³-hybridized carbons (Fsp3) is 0.